The molecule has 0 fully saturated rings. The standard InChI is InChI=1S/C22H26N4O2/c1-6-13(2)26-21(23-19-10-8-7-9-17(19)22(26)27)18-11-14(3)25(16(18)5)20-12-15(4)28-24-20/h7-13,21,23H,6H2,1-5H3/t13-,21-/m0/s1. The monoisotopic (exact) mass is 378 g/mol. The molecular formula is C22H26N4O2. The number of nitrogens with zero attached hydrogens (tertiary/aromatic N) is 3. The number of benzene rings is 1. The Balaban J connectivity index is 1.84. The van der Waals surface area contributed by atoms with Crippen molar-refractivity contribution in [1.29, 1.82) is 0 Å². The van der Waals surface area contributed by atoms with Crippen LogP contribution < -0.4 is 5.32 Å². The predicted octanol–water partition coefficient (Wildman–Crippen LogP) is 4.76. The van der Waals surface area contributed by atoms with Crippen molar-refractivity contribution in [2.75, 3.05) is 5.32 Å². The normalized spacial score (nSPS) is 17.4. The van der Waals surface area contributed by atoms with Gasteiger partial charge in [-0.2, -0.15) is 0 Å². The van der Waals surface area contributed by atoms with Gasteiger partial charge in [-0.25, -0.2) is 0 Å². The van der Waals surface area contributed by atoms with E-state index in [1.54, 1.807) is 0 Å². The average Bonchev–Trinajstić information content (AvgIpc) is 3.23. The zero-order valence-corrected chi connectivity index (χ0v) is 17.0. The van der Waals surface area contributed by atoms with Gasteiger partial charge in [0.2, 0.25) is 0 Å². The lowest BCUT2D eigenvalue weighted by Gasteiger charge is -2.41. The van der Waals surface area contributed by atoms with Crippen molar-refractivity contribution in [3.05, 3.63) is 64.7 Å². The first-order chi connectivity index (χ1) is 13.4. The fourth-order valence-electron chi connectivity index (χ4n) is 4.02. The average molecular weight is 378 g/mol. The molecule has 1 aliphatic rings. The lowest BCUT2D eigenvalue weighted by Crippen LogP contribution is -2.47. The number of hydrogen-bond acceptors (Lipinski definition) is 4. The maximum Gasteiger partial charge on any atom is 0.258 e. The van der Waals surface area contributed by atoms with Gasteiger partial charge in [-0.1, -0.05) is 24.2 Å². The molecule has 0 unspecified atom stereocenters. The summed E-state index contributed by atoms with van der Waals surface area (Å²) in [5.74, 6) is 1.59. The molecule has 1 aliphatic heterocycles. The smallest absolute Gasteiger partial charge is 0.258 e. The first-order valence-electron chi connectivity index (χ1n) is 9.73. The Morgan fingerprint density at radius 2 is 1.96 bits per heavy atom. The number of aromatic nitrogens is 2. The third kappa shape index (κ3) is 2.80. The third-order valence-corrected chi connectivity index (χ3v) is 5.64. The molecule has 0 saturated heterocycles. The van der Waals surface area contributed by atoms with E-state index in [4.69, 9.17) is 4.52 Å². The second-order valence-corrected chi connectivity index (χ2v) is 7.52. The van der Waals surface area contributed by atoms with Crippen LogP contribution in [-0.4, -0.2) is 26.6 Å². The molecule has 3 heterocycles. The fraction of sp³-hybridized carbons (Fsp3) is 0.364. The number of amides is 1. The molecule has 2 aromatic heterocycles. The summed E-state index contributed by atoms with van der Waals surface area (Å²) in [4.78, 5) is 15.3. The number of carbonyl (C=O) groups is 1. The fourth-order valence-corrected chi connectivity index (χ4v) is 4.02. The van der Waals surface area contributed by atoms with Gasteiger partial charge in [0.25, 0.3) is 5.91 Å². The van der Waals surface area contributed by atoms with Crippen molar-refractivity contribution in [2.45, 2.75) is 53.2 Å². The van der Waals surface area contributed by atoms with E-state index in [0.717, 1.165) is 46.2 Å². The molecule has 0 saturated carbocycles. The molecule has 1 amide bonds. The van der Waals surface area contributed by atoms with E-state index in [9.17, 15) is 4.79 Å². The molecule has 28 heavy (non-hydrogen) atoms. The molecule has 3 aromatic rings. The van der Waals surface area contributed by atoms with Crippen LogP contribution in [0.3, 0.4) is 0 Å². The van der Waals surface area contributed by atoms with E-state index in [2.05, 4.69) is 41.9 Å². The van der Waals surface area contributed by atoms with Crippen LogP contribution in [0.2, 0.25) is 0 Å². The molecular weight excluding hydrogens is 352 g/mol. The van der Waals surface area contributed by atoms with Crippen LogP contribution >= 0.6 is 0 Å². The molecule has 1 aromatic carbocycles. The summed E-state index contributed by atoms with van der Waals surface area (Å²) < 4.78 is 7.35. The highest BCUT2D eigenvalue weighted by molar-refractivity contribution is 6.01. The van der Waals surface area contributed by atoms with Crippen molar-refractivity contribution < 1.29 is 9.32 Å². The maximum atomic E-state index is 13.3. The van der Waals surface area contributed by atoms with E-state index in [0.29, 0.717) is 0 Å². The summed E-state index contributed by atoms with van der Waals surface area (Å²) in [6.07, 6.45) is 0.651. The number of nitrogens with one attached hydrogen (secondary N) is 1. The largest absolute Gasteiger partial charge is 0.361 e. The van der Waals surface area contributed by atoms with Gasteiger partial charge in [0, 0.05) is 34.7 Å². The van der Waals surface area contributed by atoms with Crippen LogP contribution in [0, 0.1) is 20.8 Å². The molecule has 2 atom stereocenters. The molecule has 4 rings (SSSR count). The molecule has 0 bridgehead atoms. The van der Waals surface area contributed by atoms with Crippen molar-refractivity contribution in [3.63, 3.8) is 0 Å². The Bertz CT molecular complexity index is 1030. The van der Waals surface area contributed by atoms with Gasteiger partial charge in [0.05, 0.1) is 5.56 Å². The van der Waals surface area contributed by atoms with Crippen molar-refractivity contribution in [3.8, 4) is 5.82 Å². The van der Waals surface area contributed by atoms with E-state index in [1.807, 2.05) is 49.1 Å². The van der Waals surface area contributed by atoms with E-state index < -0.39 is 0 Å². The van der Waals surface area contributed by atoms with E-state index in [-0.39, 0.29) is 18.1 Å². The number of para-hydroxylation sites is 1. The Kier molecular flexibility index (Phi) is 4.49. The van der Waals surface area contributed by atoms with Gasteiger partial charge >= 0.3 is 0 Å². The summed E-state index contributed by atoms with van der Waals surface area (Å²) in [6.45, 7) is 10.2. The highest BCUT2D eigenvalue weighted by Crippen LogP contribution is 2.37. The second kappa shape index (κ2) is 6.86. The van der Waals surface area contributed by atoms with Crippen LogP contribution in [0.4, 0.5) is 5.69 Å². The van der Waals surface area contributed by atoms with E-state index in [1.165, 1.54) is 0 Å². The minimum Gasteiger partial charge on any atom is -0.361 e. The SMILES string of the molecule is CC[C@H](C)N1C(=O)c2ccccc2N[C@@H]1c1cc(C)n(-c2cc(C)on2)c1C. The topological polar surface area (TPSA) is 63.3 Å². The highest BCUT2D eigenvalue weighted by atomic mass is 16.5. The predicted molar refractivity (Wildman–Crippen MR) is 109 cm³/mol. The van der Waals surface area contributed by atoms with Gasteiger partial charge in [-0.3, -0.25) is 9.36 Å². The quantitative estimate of drug-likeness (QED) is 0.711. The molecule has 0 aliphatic carbocycles. The molecule has 0 radical (unpaired) electrons. The minimum atomic E-state index is -0.231. The van der Waals surface area contributed by atoms with Gasteiger partial charge < -0.3 is 14.7 Å². The summed E-state index contributed by atoms with van der Waals surface area (Å²) in [7, 11) is 0. The minimum absolute atomic E-state index is 0.0655. The second-order valence-electron chi connectivity index (χ2n) is 7.52. The van der Waals surface area contributed by atoms with E-state index >= 15 is 0 Å². The number of fused-ring (bicyclic) bond motifs is 1. The Hall–Kier alpha value is -3.02. The number of anilines is 1. The Morgan fingerprint density at radius 3 is 2.64 bits per heavy atom. The van der Waals surface area contributed by atoms with Crippen molar-refractivity contribution in [2.24, 2.45) is 0 Å². The lowest BCUT2D eigenvalue weighted by molar-refractivity contribution is 0.0593. The van der Waals surface area contributed by atoms with Crippen LogP contribution in [-0.2, 0) is 0 Å². The van der Waals surface area contributed by atoms with Crippen molar-refractivity contribution in [1.82, 2.24) is 14.6 Å². The lowest BCUT2D eigenvalue weighted by atomic mass is 10.0. The zero-order chi connectivity index (χ0) is 20.0. The Labute approximate surface area is 165 Å². The summed E-state index contributed by atoms with van der Waals surface area (Å²) >= 11 is 0. The first-order valence-corrected chi connectivity index (χ1v) is 9.73. The summed E-state index contributed by atoms with van der Waals surface area (Å²) in [5, 5.41) is 7.77. The van der Waals surface area contributed by atoms with Crippen LogP contribution in [0.1, 0.15) is 59.5 Å². The van der Waals surface area contributed by atoms with Gasteiger partial charge in [0.15, 0.2) is 5.82 Å². The van der Waals surface area contributed by atoms with Crippen LogP contribution in [0.5, 0.6) is 0 Å². The highest BCUT2D eigenvalue weighted by Gasteiger charge is 2.37. The van der Waals surface area contributed by atoms with Gasteiger partial charge in [-0.05, 0) is 52.3 Å². The molecule has 0 spiro atoms. The van der Waals surface area contributed by atoms with Crippen LogP contribution in [0.25, 0.3) is 5.82 Å². The number of hydrogen-bond donors (Lipinski definition) is 1. The summed E-state index contributed by atoms with van der Waals surface area (Å²) in [6, 6.07) is 11.9. The number of aryl methyl sites for hydroxylation is 2. The number of rotatable bonds is 4. The summed E-state index contributed by atoms with van der Waals surface area (Å²) in [5.41, 5.74) is 4.77. The molecule has 1 N–H and O–H groups in total. The first kappa shape index (κ1) is 18.3. The van der Waals surface area contributed by atoms with Gasteiger partial charge in [0.1, 0.15) is 11.9 Å². The Morgan fingerprint density at radius 1 is 1.21 bits per heavy atom. The molecule has 146 valence electrons. The zero-order valence-electron chi connectivity index (χ0n) is 17.0. The maximum absolute atomic E-state index is 13.3. The number of carbonyl (C=O) groups excluding carboxylic acids is 1. The van der Waals surface area contributed by atoms with Gasteiger partial charge in [-0.15, -0.1) is 0 Å². The van der Waals surface area contributed by atoms with Crippen molar-refractivity contribution >= 4 is 11.6 Å². The molecule has 6 nitrogen and oxygen atoms in total. The third-order valence-electron chi connectivity index (χ3n) is 5.64. The van der Waals surface area contributed by atoms with Crippen LogP contribution in [0.15, 0.2) is 40.9 Å². The molecule has 6 heteroatoms.